The van der Waals surface area contributed by atoms with Gasteiger partial charge in [-0.1, -0.05) is 60.7 Å². The Morgan fingerprint density at radius 1 is 0.909 bits per heavy atom. The van der Waals surface area contributed by atoms with Crippen LogP contribution in [0.4, 0.5) is 0 Å². The second-order valence-electron chi connectivity index (χ2n) is 5.09. The molecule has 2 aromatic carbocycles. The number of benzene rings is 2. The van der Waals surface area contributed by atoms with Crippen molar-refractivity contribution in [2.75, 3.05) is 0 Å². The number of aromatic nitrogens is 1. The van der Waals surface area contributed by atoms with Crippen LogP contribution in [-0.2, 0) is 0 Å². The topological polar surface area (TPSA) is 52.8 Å². The van der Waals surface area contributed by atoms with Crippen LogP contribution in [0.5, 0.6) is 0 Å². The van der Waals surface area contributed by atoms with E-state index in [1.54, 1.807) is 0 Å². The minimum Gasteiger partial charge on any atom is -0.438 e. The molecule has 2 heterocycles. The number of H-pyrrole nitrogens is 1. The molecule has 0 fully saturated rings. The number of aromatic amines is 1. The first-order chi connectivity index (χ1) is 10.7. The van der Waals surface area contributed by atoms with Gasteiger partial charge in [0.2, 0.25) is 5.55 Å². The van der Waals surface area contributed by atoms with Crippen LogP contribution in [0.2, 0.25) is 0 Å². The molecule has 4 heteroatoms. The molecule has 0 aliphatic carbocycles. The molecule has 0 aliphatic heterocycles. The lowest BCUT2D eigenvalue weighted by atomic mass is 10.1. The fourth-order valence-corrected chi connectivity index (χ4v) is 3.02. The highest BCUT2D eigenvalue weighted by molar-refractivity contribution is 7.71. The summed E-state index contributed by atoms with van der Waals surface area (Å²) in [6.45, 7) is 0. The Labute approximate surface area is 131 Å². The Hall–Kier alpha value is -2.72. The Morgan fingerprint density at radius 3 is 2.45 bits per heavy atom. The zero-order chi connectivity index (χ0) is 15.1. The van der Waals surface area contributed by atoms with Gasteiger partial charge in [0.25, 0.3) is 0 Å². The molecule has 106 valence electrons. The molecule has 0 spiro atoms. The van der Waals surface area contributed by atoms with Crippen molar-refractivity contribution in [1.82, 2.24) is 4.98 Å². The van der Waals surface area contributed by atoms with Crippen molar-refractivity contribution in [3.63, 3.8) is 0 Å². The van der Waals surface area contributed by atoms with E-state index >= 15 is 0 Å². The number of hydrogen-bond donors (Lipinski definition) is 2. The van der Waals surface area contributed by atoms with Crippen LogP contribution >= 0.6 is 12.2 Å². The highest BCUT2D eigenvalue weighted by atomic mass is 32.1. The van der Waals surface area contributed by atoms with Crippen LogP contribution in [-0.4, -0.2) is 4.98 Å². The Kier molecular flexibility index (Phi) is 2.91. The average Bonchev–Trinajstić information content (AvgIpc) is 2.55. The number of pyridine rings is 1. The van der Waals surface area contributed by atoms with Gasteiger partial charge in [-0.05, 0) is 17.7 Å². The molecule has 22 heavy (non-hydrogen) atoms. The van der Waals surface area contributed by atoms with Crippen molar-refractivity contribution in [2.24, 2.45) is 0 Å². The molecule has 0 atom stereocenters. The van der Waals surface area contributed by atoms with Crippen LogP contribution < -0.4 is 5.55 Å². The molecule has 0 unspecified atom stereocenters. The lowest BCUT2D eigenvalue weighted by molar-refractivity contribution is 0.542. The van der Waals surface area contributed by atoms with E-state index in [4.69, 9.17) is 22.0 Å². The molecule has 0 amide bonds. The Bertz CT molecular complexity index is 1110. The highest BCUT2D eigenvalue weighted by Gasteiger charge is 2.09. The maximum absolute atomic E-state index is 8.11. The van der Waals surface area contributed by atoms with Gasteiger partial charge in [0.1, 0.15) is 10.2 Å². The first kappa shape index (κ1) is 13.0. The van der Waals surface area contributed by atoms with E-state index in [0.717, 1.165) is 22.0 Å². The second-order valence-corrected chi connectivity index (χ2v) is 5.50. The zero-order valence-corrected chi connectivity index (χ0v) is 12.4. The van der Waals surface area contributed by atoms with Gasteiger partial charge >= 0.3 is 0 Å². The minimum atomic E-state index is 0.0922. The molecule has 0 bridgehead atoms. The second kappa shape index (κ2) is 4.93. The largest absolute Gasteiger partial charge is 0.438 e. The summed E-state index contributed by atoms with van der Waals surface area (Å²) in [4.78, 5) is 3.21. The third kappa shape index (κ3) is 1.96. The molecule has 4 rings (SSSR count). The van der Waals surface area contributed by atoms with E-state index in [1.165, 1.54) is 0 Å². The van der Waals surface area contributed by atoms with E-state index < -0.39 is 0 Å². The number of fused-ring (bicyclic) bond motifs is 3. The normalized spacial score (nSPS) is 11.1. The Balaban J connectivity index is 2.19. The standard InChI is InChI=1S/C18H12N2OS/c19-17-16-13(12-8-4-5-9-15(12)21-17)10-14(20-18(16)22)11-6-2-1-3-7-11/h1-10,19H,(H,20,22). The van der Waals surface area contributed by atoms with Gasteiger partial charge < -0.3 is 9.40 Å². The van der Waals surface area contributed by atoms with Crippen LogP contribution in [0.25, 0.3) is 33.0 Å². The zero-order valence-electron chi connectivity index (χ0n) is 11.6. The first-order valence-corrected chi connectivity index (χ1v) is 7.34. The number of para-hydroxylation sites is 1. The maximum atomic E-state index is 8.11. The summed E-state index contributed by atoms with van der Waals surface area (Å²) in [6, 6.07) is 19.8. The molecule has 0 saturated carbocycles. The summed E-state index contributed by atoms with van der Waals surface area (Å²) >= 11 is 5.46. The predicted octanol–water partition coefficient (Wildman–Crippen LogP) is 4.79. The Morgan fingerprint density at radius 2 is 1.64 bits per heavy atom. The summed E-state index contributed by atoms with van der Waals surface area (Å²) in [7, 11) is 0. The summed E-state index contributed by atoms with van der Waals surface area (Å²) < 4.78 is 6.11. The van der Waals surface area contributed by atoms with Gasteiger partial charge in [-0.3, -0.25) is 5.41 Å². The third-order valence-corrected chi connectivity index (χ3v) is 4.04. The van der Waals surface area contributed by atoms with Crippen molar-refractivity contribution in [3.8, 4) is 11.3 Å². The van der Waals surface area contributed by atoms with Crippen LogP contribution in [0.1, 0.15) is 0 Å². The average molecular weight is 304 g/mol. The fraction of sp³-hybridized carbons (Fsp3) is 0. The minimum absolute atomic E-state index is 0.0922. The van der Waals surface area contributed by atoms with Crippen LogP contribution in [0.15, 0.2) is 65.1 Å². The quantitative estimate of drug-likeness (QED) is 0.392. The lowest BCUT2D eigenvalue weighted by Crippen LogP contribution is -2.02. The predicted molar refractivity (Wildman–Crippen MR) is 90.2 cm³/mol. The molecule has 0 radical (unpaired) electrons. The number of nitrogens with one attached hydrogen (secondary N) is 2. The highest BCUT2D eigenvalue weighted by Crippen LogP contribution is 2.27. The van der Waals surface area contributed by atoms with Crippen LogP contribution in [0.3, 0.4) is 0 Å². The molecular formula is C18H12N2OS. The van der Waals surface area contributed by atoms with Gasteiger partial charge in [0, 0.05) is 16.5 Å². The first-order valence-electron chi connectivity index (χ1n) is 6.93. The fourth-order valence-electron chi connectivity index (χ4n) is 2.71. The molecule has 0 saturated heterocycles. The van der Waals surface area contributed by atoms with E-state index in [2.05, 4.69) is 4.98 Å². The van der Waals surface area contributed by atoms with Gasteiger partial charge in [0.15, 0.2) is 0 Å². The summed E-state index contributed by atoms with van der Waals surface area (Å²) in [6.07, 6.45) is 0. The van der Waals surface area contributed by atoms with Crippen LogP contribution in [0, 0.1) is 10.0 Å². The lowest BCUT2D eigenvalue weighted by Gasteiger charge is -2.07. The molecule has 0 aliphatic rings. The van der Waals surface area contributed by atoms with Crippen molar-refractivity contribution in [1.29, 1.82) is 5.41 Å². The van der Waals surface area contributed by atoms with E-state index in [1.807, 2.05) is 60.7 Å². The third-order valence-electron chi connectivity index (χ3n) is 3.73. The molecule has 2 N–H and O–H groups in total. The van der Waals surface area contributed by atoms with E-state index in [-0.39, 0.29) is 5.55 Å². The van der Waals surface area contributed by atoms with Crippen molar-refractivity contribution in [3.05, 3.63) is 70.9 Å². The van der Waals surface area contributed by atoms with E-state index in [0.29, 0.717) is 15.6 Å². The maximum Gasteiger partial charge on any atom is 0.222 e. The summed E-state index contributed by atoms with van der Waals surface area (Å²) in [5.74, 6) is 0. The summed E-state index contributed by atoms with van der Waals surface area (Å²) in [5.41, 5.74) is 2.79. The molecule has 4 aromatic rings. The smallest absolute Gasteiger partial charge is 0.222 e. The van der Waals surface area contributed by atoms with Gasteiger partial charge in [-0.2, -0.15) is 0 Å². The SMILES string of the molecule is N=c1oc2ccccc2c2cc(-c3ccccc3)[nH]c(=S)c12. The number of hydrogen-bond acceptors (Lipinski definition) is 3. The van der Waals surface area contributed by atoms with Crippen molar-refractivity contribution >= 4 is 34.0 Å². The molecule has 2 aromatic heterocycles. The van der Waals surface area contributed by atoms with Crippen molar-refractivity contribution < 1.29 is 4.42 Å². The molecule has 3 nitrogen and oxygen atoms in total. The summed E-state index contributed by atoms with van der Waals surface area (Å²) in [5, 5.41) is 10.7. The monoisotopic (exact) mass is 304 g/mol. The van der Waals surface area contributed by atoms with Crippen molar-refractivity contribution in [2.45, 2.75) is 0 Å². The molecular weight excluding hydrogens is 292 g/mol. The van der Waals surface area contributed by atoms with E-state index in [9.17, 15) is 0 Å². The van der Waals surface area contributed by atoms with Gasteiger partial charge in [-0.15, -0.1) is 0 Å². The number of rotatable bonds is 1. The van der Waals surface area contributed by atoms with Gasteiger partial charge in [-0.25, -0.2) is 0 Å². The van der Waals surface area contributed by atoms with Gasteiger partial charge in [0.05, 0.1) is 5.39 Å².